The maximum atomic E-state index is 14.9. The summed E-state index contributed by atoms with van der Waals surface area (Å²) < 4.78 is 163. The first-order valence-corrected chi connectivity index (χ1v) is 46.8. The number of benzene rings is 5. The fraction of sp³-hybridized carbons (Fsp3) is 0.275. The average Bonchev–Trinajstić information content (AvgIpc) is 1.81. The summed E-state index contributed by atoms with van der Waals surface area (Å²) in [6, 6.07) is 37.7. The van der Waals surface area contributed by atoms with Gasteiger partial charge in [0.05, 0.1) is 142 Å². The molecule has 0 radical (unpaired) electrons. The molecule has 0 spiro atoms. The van der Waals surface area contributed by atoms with Gasteiger partial charge in [-0.1, -0.05) is 123 Å². The van der Waals surface area contributed by atoms with Gasteiger partial charge in [-0.25, -0.2) is 71.2 Å². The summed E-state index contributed by atoms with van der Waals surface area (Å²) in [5.74, 6) is -5.48. The number of nitrogens with zero attached hydrogens (tertiary/aromatic N) is 4. The normalized spacial score (nSPS) is 12.6. The van der Waals surface area contributed by atoms with Gasteiger partial charge in [0.2, 0.25) is 40.1 Å². The van der Waals surface area contributed by atoms with Crippen LogP contribution in [-0.4, -0.2) is 112 Å². The number of carbonyl (C=O) groups is 4. The van der Waals surface area contributed by atoms with Crippen molar-refractivity contribution < 1.29 is 70.4 Å². The van der Waals surface area contributed by atoms with E-state index in [-0.39, 0.29) is 65.9 Å². The van der Waals surface area contributed by atoms with E-state index in [1.54, 1.807) is 87.6 Å². The Hall–Kier alpha value is -10.6. The van der Waals surface area contributed by atoms with Gasteiger partial charge in [-0.05, 0) is 165 Å². The lowest BCUT2D eigenvalue weighted by Gasteiger charge is -2.14. The van der Waals surface area contributed by atoms with Crippen molar-refractivity contribution in [1.82, 2.24) is 19.9 Å². The lowest BCUT2D eigenvalue weighted by molar-refractivity contribution is 0.101. The second-order valence-corrected chi connectivity index (χ2v) is 37.2. The highest BCUT2D eigenvalue weighted by Gasteiger charge is 2.29. The number of carbonyl (C=O) groups excluding carboxylic acids is 4. The molecule has 0 atom stereocenters. The van der Waals surface area contributed by atoms with Crippen LogP contribution in [0, 0.1) is 23.3 Å². The number of amides is 4. The van der Waals surface area contributed by atoms with Crippen LogP contribution in [0.1, 0.15) is 144 Å². The summed E-state index contributed by atoms with van der Waals surface area (Å²) >= 11 is 25.6. The molecule has 5 heterocycles. The van der Waals surface area contributed by atoms with E-state index in [9.17, 15) is 70.4 Å². The summed E-state index contributed by atoms with van der Waals surface area (Å²) in [5, 5.41) is 24.4. The summed E-state index contributed by atoms with van der Waals surface area (Å²) in [7, 11) is -14.9. The Morgan fingerprint density at radius 2 is 0.669 bits per heavy atom. The van der Waals surface area contributed by atoms with Gasteiger partial charge in [0.1, 0.15) is 23.3 Å². The lowest BCUT2D eigenvalue weighted by atomic mass is 10.1. The molecule has 0 bridgehead atoms. The van der Waals surface area contributed by atoms with Gasteiger partial charge in [0.15, 0.2) is 23.3 Å². The first kappa shape index (κ1) is 94.2. The zero-order chi connectivity index (χ0) is 87.6. The van der Waals surface area contributed by atoms with E-state index in [0.717, 1.165) is 36.1 Å². The number of aromatic nitrogens is 4. The molecule has 28 nitrogen and oxygen atoms in total. The Morgan fingerprint density at radius 1 is 0.372 bits per heavy atom. The van der Waals surface area contributed by atoms with Gasteiger partial charge in [0, 0.05) is 23.5 Å². The van der Waals surface area contributed by atoms with Crippen molar-refractivity contribution in [2.75, 3.05) is 84.4 Å². The summed E-state index contributed by atoms with van der Waals surface area (Å²) in [4.78, 5) is 68.4. The van der Waals surface area contributed by atoms with E-state index in [1.807, 2.05) is 47.8 Å². The number of nitrogens with one attached hydrogen (secondary N) is 12. The third-order valence-electron chi connectivity index (χ3n) is 17.3. The van der Waals surface area contributed by atoms with Crippen molar-refractivity contribution in [2.45, 2.75) is 117 Å². The Morgan fingerprint density at radius 3 is 0.942 bits per heavy atom. The number of pyridine rings is 4. The minimum absolute atomic E-state index is 0.129. The minimum atomic E-state index is -3.73. The fourth-order valence-electron chi connectivity index (χ4n) is 11.4. The van der Waals surface area contributed by atoms with Gasteiger partial charge < -0.3 is 42.5 Å². The minimum Gasteiger partial charge on any atom is -0.367 e. The molecule has 10 aromatic rings. The van der Waals surface area contributed by atoms with Crippen molar-refractivity contribution in [1.29, 1.82) is 0 Å². The number of hydrogen-bond acceptors (Lipinski definition) is 21. The number of sulfonamides is 4. The predicted octanol–water partition coefficient (Wildman–Crippen LogP) is 18.3. The number of rotatable bonds is 34. The molecule has 0 unspecified atom stereocenters. The first-order chi connectivity index (χ1) is 57.6. The SMILES string of the molecule is CCCS(=O)(=O)Nc1ccc(Cl)c(C(=O)Nc2ccc(NC3CC3)nc2)c1F.CCCS(=O)(=O)Nc1ccc(Cl)c(C(=O)Nc2ccc(NC3CCCC3)nc2)c1F.CCCS(=O)(=O)Nc1ccc(Cl)c(C(=O)Nc2ccc(NCc3ccccc3)nc2)c1F.CCCS(=O)(=O)Nc1ccc(Cl)c(C(=O)Nc2ccc(NCc3cccs3)nc2)c1F. The second-order valence-electron chi connectivity index (χ2n) is 27.2. The Balaban J connectivity index is 0.000000184. The average molecular weight is 1840 g/mol. The Kier molecular flexibility index (Phi) is 34.5. The quantitative estimate of drug-likeness (QED) is 0.0167. The molecule has 4 amide bonds. The third kappa shape index (κ3) is 29.0. The molecule has 5 aromatic carbocycles. The highest BCUT2D eigenvalue weighted by Crippen LogP contribution is 2.34. The van der Waals surface area contributed by atoms with Gasteiger partial charge in [-0.3, -0.25) is 38.1 Å². The van der Waals surface area contributed by atoms with E-state index < -0.39 is 109 Å². The van der Waals surface area contributed by atoms with Gasteiger partial charge in [-0.15, -0.1) is 11.3 Å². The highest BCUT2D eigenvalue weighted by atomic mass is 35.5. The van der Waals surface area contributed by atoms with Gasteiger partial charge >= 0.3 is 0 Å². The molecule has 644 valence electrons. The van der Waals surface area contributed by atoms with Crippen LogP contribution in [0.4, 0.5) is 86.3 Å². The number of thiophene rings is 1. The van der Waals surface area contributed by atoms with Crippen LogP contribution >= 0.6 is 57.7 Å². The van der Waals surface area contributed by atoms with Crippen molar-refractivity contribution >= 4 is 190 Å². The summed E-state index contributed by atoms with van der Waals surface area (Å²) in [5.41, 5.74) is -0.674. The van der Waals surface area contributed by atoms with E-state index >= 15 is 0 Å². The van der Waals surface area contributed by atoms with Crippen LogP contribution in [0.5, 0.6) is 0 Å². The molecule has 12 N–H and O–H groups in total. The van der Waals surface area contributed by atoms with Crippen LogP contribution in [-0.2, 0) is 53.2 Å². The second kappa shape index (κ2) is 44.2. The first-order valence-electron chi connectivity index (χ1n) is 37.8. The van der Waals surface area contributed by atoms with Gasteiger partial charge in [0.25, 0.3) is 23.6 Å². The Bertz CT molecular complexity index is 5730. The molecule has 0 saturated heterocycles. The smallest absolute Gasteiger partial charge is 0.260 e. The molecule has 2 aliphatic rings. The third-order valence-corrected chi connectivity index (χ3v) is 25.3. The van der Waals surface area contributed by atoms with Crippen LogP contribution in [0.25, 0.3) is 0 Å². The largest absolute Gasteiger partial charge is 0.367 e. The monoisotopic (exact) mass is 1840 g/mol. The van der Waals surface area contributed by atoms with E-state index in [1.165, 1.54) is 86.2 Å². The Labute approximate surface area is 722 Å². The number of hydrogen-bond donors (Lipinski definition) is 12. The van der Waals surface area contributed by atoms with Crippen LogP contribution in [0.2, 0.25) is 20.1 Å². The van der Waals surface area contributed by atoms with Crippen LogP contribution in [0.3, 0.4) is 0 Å². The number of halogens is 8. The van der Waals surface area contributed by atoms with Crippen LogP contribution in [0.15, 0.2) is 170 Å². The van der Waals surface area contributed by atoms with E-state index in [0.29, 0.717) is 96.9 Å². The lowest BCUT2D eigenvalue weighted by Crippen LogP contribution is -2.20. The molecule has 5 aromatic heterocycles. The predicted molar refractivity (Wildman–Crippen MR) is 473 cm³/mol. The topological polar surface area (TPSA) is 401 Å². The standard InChI is InChI=1S/C22H22ClFN4O3S.C20H20ClFN4O3S2.C20H24ClFN4O3S.C18H20ClFN4O3S/c1-2-12-32(30,31)28-18-10-9-17(23)20(21(18)24)22(29)27-16-8-11-19(26-14-16)25-13-15-6-4-3-5-7-15;1-2-10-31(28,29)26-16-7-6-15(21)18(19(16)22)20(27)25-13-5-8-17(23-11-13)24-12-14-4-3-9-30-14;1-2-11-30(28,29)26-16-9-8-15(21)18(19(16)22)20(27)25-14-7-10-17(23-12-14)24-13-5-3-4-6-13;1-2-9-28(26,27)24-14-7-6-13(19)16(17(14)20)18(25)23-12-5-8-15(21-10-12)22-11-3-4-11/h3-11,14,28H,2,12-13H2,1H3,(H,25,26)(H,27,29);3-9,11,26H,2,10,12H2,1H3,(H,23,24)(H,25,27);7-10,12-13,26H,2-6,11H2,1H3,(H,23,24)(H,25,27);5-8,10-11,24H,2-4,9H2,1H3,(H,21,22)(H,23,25). The number of anilines is 12. The zero-order valence-electron chi connectivity index (χ0n) is 65.4. The molecule has 121 heavy (non-hydrogen) atoms. The highest BCUT2D eigenvalue weighted by molar-refractivity contribution is 7.93. The maximum Gasteiger partial charge on any atom is 0.260 e. The molecule has 2 fully saturated rings. The van der Waals surface area contributed by atoms with Crippen molar-refractivity contribution in [2.24, 2.45) is 0 Å². The molecule has 2 aliphatic carbocycles. The summed E-state index contributed by atoms with van der Waals surface area (Å²) in [6.45, 7) is 7.97. The van der Waals surface area contributed by atoms with E-state index in [4.69, 9.17) is 46.4 Å². The van der Waals surface area contributed by atoms with Crippen molar-refractivity contribution in [3.05, 3.63) is 246 Å². The molecular formula is C80H86Cl4F4N16O12S5. The fourth-order valence-corrected chi connectivity index (χ4v) is 17.5. The molecule has 0 aliphatic heterocycles. The van der Waals surface area contributed by atoms with Crippen molar-refractivity contribution in [3.8, 4) is 0 Å². The summed E-state index contributed by atoms with van der Waals surface area (Å²) in [6.07, 6.45) is 14.1. The zero-order valence-corrected chi connectivity index (χ0v) is 72.5. The molecule has 12 rings (SSSR count). The molecular weight excluding hydrogens is 1760 g/mol. The van der Waals surface area contributed by atoms with Crippen molar-refractivity contribution in [3.63, 3.8) is 0 Å². The molecule has 2 saturated carbocycles. The maximum absolute atomic E-state index is 14.9. The van der Waals surface area contributed by atoms with E-state index in [2.05, 4.69) is 81.4 Å². The van der Waals surface area contributed by atoms with Crippen LogP contribution < -0.4 is 61.4 Å². The van der Waals surface area contributed by atoms with Gasteiger partial charge in [-0.2, -0.15) is 0 Å². The molecule has 41 heteroatoms.